The predicted octanol–water partition coefficient (Wildman–Crippen LogP) is 3.81. The number of carbonyl (C=O) groups excluding carboxylic acids is 2. The van der Waals surface area contributed by atoms with E-state index in [2.05, 4.69) is 0 Å². The van der Waals surface area contributed by atoms with Gasteiger partial charge in [0.05, 0.1) is 18.5 Å². The number of benzene rings is 2. The molecule has 0 fully saturated rings. The Kier molecular flexibility index (Phi) is 8.59. The lowest BCUT2D eigenvalue weighted by Gasteiger charge is -2.27. The highest BCUT2D eigenvalue weighted by Gasteiger charge is 2.30. The Bertz CT molecular complexity index is 899. The molecule has 164 valence electrons. The van der Waals surface area contributed by atoms with Crippen LogP contribution in [0, 0.1) is 11.3 Å². The third-order valence-corrected chi connectivity index (χ3v) is 4.27. The van der Waals surface area contributed by atoms with E-state index in [0.29, 0.717) is 12.4 Å². The third-order valence-electron chi connectivity index (χ3n) is 4.27. The molecule has 1 atom stereocenters. The Balaban J connectivity index is 1.97. The molecule has 2 amide bonds. The highest BCUT2D eigenvalue weighted by molar-refractivity contribution is 5.95. The molecule has 0 aromatic heterocycles. The zero-order valence-corrected chi connectivity index (χ0v) is 18.2. The second-order valence-corrected chi connectivity index (χ2v) is 8.11. The van der Waals surface area contributed by atoms with Crippen molar-refractivity contribution in [2.24, 2.45) is 5.73 Å². The molecule has 0 aliphatic rings. The van der Waals surface area contributed by atoms with Gasteiger partial charge in [0, 0.05) is 6.54 Å². The van der Waals surface area contributed by atoms with Gasteiger partial charge in [0.25, 0.3) is 0 Å². The average Bonchev–Trinajstić information content (AvgIpc) is 2.73. The summed E-state index contributed by atoms with van der Waals surface area (Å²) < 4.78 is 11.0. The first-order valence-electron chi connectivity index (χ1n) is 10.1. The van der Waals surface area contributed by atoms with Gasteiger partial charge in [0.1, 0.15) is 18.0 Å². The van der Waals surface area contributed by atoms with Crippen LogP contribution in [0.5, 0.6) is 5.75 Å². The lowest BCUT2D eigenvalue weighted by molar-refractivity contribution is -0.131. The number of nitriles is 1. The van der Waals surface area contributed by atoms with Gasteiger partial charge in [-0.05, 0) is 50.5 Å². The van der Waals surface area contributed by atoms with Crippen LogP contribution in [-0.4, -0.2) is 35.1 Å². The van der Waals surface area contributed by atoms with Crippen molar-refractivity contribution >= 4 is 12.0 Å². The fourth-order valence-corrected chi connectivity index (χ4v) is 2.77. The van der Waals surface area contributed by atoms with E-state index in [9.17, 15) is 9.59 Å². The summed E-state index contributed by atoms with van der Waals surface area (Å²) in [6.07, 6.45) is -0.553. The van der Waals surface area contributed by atoms with Gasteiger partial charge in [-0.25, -0.2) is 9.69 Å². The van der Waals surface area contributed by atoms with E-state index in [1.165, 1.54) is 0 Å². The summed E-state index contributed by atoms with van der Waals surface area (Å²) in [6, 6.07) is 18.1. The van der Waals surface area contributed by atoms with Crippen molar-refractivity contribution in [2.75, 3.05) is 6.54 Å². The summed E-state index contributed by atoms with van der Waals surface area (Å²) in [5, 5.41) is 8.84. The van der Waals surface area contributed by atoms with E-state index >= 15 is 0 Å². The van der Waals surface area contributed by atoms with Gasteiger partial charge in [0.2, 0.25) is 5.91 Å². The van der Waals surface area contributed by atoms with Crippen LogP contribution in [-0.2, 0) is 22.6 Å². The predicted molar refractivity (Wildman–Crippen MR) is 117 cm³/mol. The largest absolute Gasteiger partial charge is 0.489 e. The first-order valence-corrected chi connectivity index (χ1v) is 10.1. The Morgan fingerprint density at radius 3 is 2.29 bits per heavy atom. The van der Waals surface area contributed by atoms with Crippen LogP contribution in [0.2, 0.25) is 0 Å². The van der Waals surface area contributed by atoms with E-state index < -0.39 is 23.6 Å². The molecule has 0 saturated heterocycles. The summed E-state index contributed by atoms with van der Waals surface area (Å²) in [4.78, 5) is 26.1. The molecule has 0 radical (unpaired) electrons. The standard InChI is InChI=1S/C24H29N3O4/c1-24(2,3)31-23(29)27(15-7-14-25)22(28)21(26)16-18-10-12-20(13-11-18)30-17-19-8-5-4-6-9-19/h4-6,8-13,21H,7,15-17,26H2,1-3H3. The lowest BCUT2D eigenvalue weighted by atomic mass is 10.1. The SMILES string of the molecule is CC(C)(C)OC(=O)N(CCC#N)C(=O)C(N)Cc1ccc(OCc2ccccc2)cc1. The van der Waals surface area contributed by atoms with Crippen molar-refractivity contribution < 1.29 is 19.1 Å². The zero-order valence-electron chi connectivity index (χ0n) is 18.2. The number of hydrogen-bond acceptors (Lipinski definition) is 6. The molecule has 7 nitrogen and oxygen atoms in total. The van der Waals surface area contributed by atoms with E-state index in [1.54, 1.807) is 20.8 Å². The Morgan fingerprint density at radius 2 is 1.71 bits per heavy atom. The van der Waals surface area contributed by atoms with Crippen molar-refractivity contribution in [1.82, 2.24) is 4.90 Å². The molecule has 2 aromatic carbocycles. The second-order valence-electron chi connectivity index (χ2n) is 8.11. The van der Waals surface area contributed by atoms with Crippen LogP contribution < -0.4 is 10.5 Å². The number of carbonyl (C=O) groups is 2. The van der Waals surface area contributed by atoms with Crippen molar-refractivity contribution in [1.29, 1.82) is 5.26 Å². The van der Waals surface area contributed by atoms with Crippen LogP contribution >= 0.6 is 0 Å². The van der Waals surface area contributed by atoms with Gasteiger partial charge in [0.15, 0.2) is 0 Å². The van der Waals surface area contributed by atoms with E-state index in [0.717, 1.165) is 16.0 Å². The number of amides is 2. The molecule has 7 heteroatoms. The molecule has 0 aliphatic carbocycles. The molecule has 2 rings (SSSR count). The van der Waals surface area contributed by atoms with E-state index in [-0.39, 0.29) is 19.4 Å². The number of hydrogen-bond donors (Lipinski definition) is 1. The first kappa shape index (κ1) is 23.9. The maximum Gasteiger partial charge on any atom is 0.417 e. The zero-order chi connectivity index (χ0) is 22.9. The summed E-state index contributed by atoms with van der Waals surface area (Å²) in [6.45, 7) is 5.52. The molecule has 0 bridgehead atoms. The molecular formula is C24H29N3O4. The van der Waals surface area contributed by atoms with Crippen molar-refractivity contribution in [3.63, 3.8) is 0 Å². The van der Waals surface area contributed by atoms with Crippen molar-refractivity contribution in [3.05, 3.63) is 65.7 Å². The van der Waals surface area contributed by atoms with Crippen molar-refractivity contribution in [3.8, 4) is 11.8 Å². The first-order chi connectivity index (χ1) is 14.7. The van der Waals surface area contributed by atoms with Gasteiger partial charge < -0.3 is 15.2 Å². The second kappa shape index (κ2) is 11.1. The highest BCUT2D eigenvalue weighted by atomic mass is 16.6. The minimum atomic E-state index is -0.942. The molecular weight excluding hydrogens is 394 g/mol. The van der Waals surface area contributed by atoms with Gasteiger partial charge >= 0.3 is 6.09 Å². The van der Waals surface area contributed by atoms with Crippen molar-refractivity contribution in [2.45, 2.75) is 51.9 Å². The number of nitrogens with zero attached hydrogens (tertiary/aromatic N) is 2. The molecule has 2 N–H and O–H groups in total. The summed E-state index contributed by atoms with van der Waals surface area (Å²) in [5.41, 5.74) is 7.22. The molecule has 0 saturated carbocycles. The van der Waals surface area contributed by atoms with Crippen LogP contribution in [0.1, 0.15) is 38.3 Å². The van der Waals surface area contributed by atoms with E-state index in [4.69, 9.17) is 20.5 Å². The normalized spacial score (nSPS) is 11.8. The molecule has 2 aromatic rings. The Hall–Kier alpha value is -3.37. The van der Waals surface area contributed by atoms with E-state index in [1.807, 2.05) is 60.7 Å². The maximum atomic E-state index is 12.8. The summed E-state index contributed by atoms with van der Waals surface area (Å²) in [7, 11) is 0. The third kappa shape index (κ3) is 8.11. The van der Waals surface area contributed by atoms with Crippen LogP contribution in [0.25, 0.3) is 0 Å². The molecule has 1 unspecified atom stereocenters. The minimum Gasteiger partial charge on any atom is -0.489 e. The fourth-order valence-electron chi connectivity index (χ4n) is 2.77. The molecule has 31 heavy (non-hydrogen) atoms. The maximum absolute atomic E-state index is 12.8. The number of rotatable bonds is 8. The van der Waals surface area contributed by atoms with Gasteiger partial charge in [-0.1, -0.05) is 42.5 Å². The summed E-state index contributed by atoms with van der Waals surface area (Å²) >= 11 is 0. The topological polar surface area (TPSA) is 106 Å². The molecule has 0 heterocycles. The molecule has 0 aliphatic heterocycles. The van der Waals surface area contributed by atoms with Gasteiger partial charge in [-0.15, -0.1) is 0 Å². The van der Waals surface area contributed by atoms with Gasteiger partial charge in [-0.3, -0.25) is 4.79 Å². The number of imide groups is 1. The molecule has 0 spiro atoms. The lowest BCUT2D eigenvalue weighted by Crippen LogP contribution is -2.49. The highest BCUT2D eigenvalue weighted by Crippen LogP contribution is 2.16. The Labute approximate surface area is 183 Å². The summed E-state index contributed by atoms with van der Waals surface area (Å²) in [5.74, 6) is 0.130. The van der Waals surface area contributed by atoms with Gasteiger partial charge in [-0.2, -0.15) is 5.26 Å². The quantitative estimate of drug-likeness (QED) is 0.692. The smallest absolute Gasteiger partial charge is 0.417 e. The number of nitrogens with two attached hydrogens (primary N) is 1. The minimum absolute atomic E-state index is 0.00511. The fraction of sp³-hybridized carbons (Fsp3) is 0.375. The van der Waals surface area contributed by atoms with Crippen LogP contribution in [0.15, 0.2) is 54.6 Å². The monoisotopic (exact) mass is 423 g/mol. The number of ether oxygens (including phenoxy) is 2. The Morgan fingerprint density at radius 1 is 1.06 bits per heavy atom. The van der Waals surface area contributed by atoms with Crippen LogP contribution in [0.4, 0.5) is 4.79 Å². The average molecular weight is 424 g/mol. The van der Waals surface area contributed by atoms with Crippen LogP contribution in [0.3, 0.4) is 0 Å².